The van der Waals surface area contributed by atoms with E-state index in [1.807, 2.05) is 19.4 Å². The van der Waals surface area contributed by atoms with Gasteiger partial charge in [-0.1, -0.05) is 49.9 Å². The van der Waals surface area contributed by atoms with Crippen molar-refractivity contribution in [2.45, 2.75) is 43.7 Å². The third kappa shape index (κ3) is 2.04. The van der Waals surface area contributed by atoms with Crippen molar-refractivity contribution in [1.29, 1.82) is 0 Å². The Bertz CT molecular complexity index is 775. The Labute approximate surface area is 135 Å². The van der Waals surface area contributed by atoms with Crippen LogP contribution < -0.4 is 5.56 Å². The van der Waals surface area contributed by atoms with Crippen LogP contribution in [0.4, 0.5) is 0 Å². The van der Waals surface area contributed by atoms with Gasteiger partial charge in [-0.15, -0.1) is 0 Å². The summed E-state index contributed by atoms with van der Waals surface area (Å²) in [6.45, 7) is 4.37. The zero-order valence-corrected chi connectivity index (χ0v) is 14.5. The van der Waals surface area contributed by atoms with E-state index in [1.54, 1.807) is 4.57 Å². The standard InChI is InChI=1S/C18H22N2OS/c1-5-18(6-2)11-12-9-7-8-10-13(12)15-14(18)16(21)20(3)17(19-15)22-4/h7-10H,5-6,11H2,1-4H3. The van der Waals surface area contributed by atoms with Crippen LogP contribution in [0.3, 0.4) is 0 Å². The molecule has 0 saturated heterocycles. The first-order chi connectivity index (χ1) is 10.6. The monoisotopic (exact) mass is 314 g/mol. The van der Waals surface area contributed by atoms with Gasteiger partial charge in [-0.2, -0.15) is 0 Å². The average molecular weight is 314 g/mol. The summed E-state index contributed by atoms with van der Waals surface area (Å²) in [5.74, 6) is 0. The molecule has 0 amide bonds. The van der Waals surface area contributed by atoms with Crippen LogP contribution in [0, 0.1) is 0 Å². The molecule has 0 spiro atoms. The zero-order chi connectivity index (χ0) is 15.9. The molecule has 3 nitrogen and oxygen atoms in total. The Kier molecular flexibility index (Phi) is 3.89. The summed E-state index contributed by atoms with van der Waals surface area (Å²) < 4.78 is 1.71. The fourth-order valence-corrected chi connectivity index (χ4v) is 4.19. The molecule has 0 bridgehead atoms. The number of fused-ring (bicyclic) bond motifs is 3. The van der Waals surface area contributed by atoms with Gasteiger partial charge in [-0.3, -0.25) is 9.36 Å². The van der Waals surface area contributed by atoms with Crippen molar-refractivity contribution in [3.63, 3.8) is 0 Å². The van der Waals surface area contributed by atoms with Gasteiger partial charge in [-0.05, 0) is 31.1 Å². The molecular formula is C18H22N2OS. The Hall–Kier alpha value is -1.55. The van der Waals surface area contributed by atoms with Crippen molar-refractivity contribution in [3.05, 3.63) is 45.7 Å². The number of rotatable bonds is 3. The second-order valence-corrected chi connectivity index (χ2v) is 6.78. The zero-order valence-electron chi connectivity index (χ0n) is 13.6. The molecule has 4 heteroatoms. The lowest BCUT2D eigenvalue weighted by Crippen LogP contribution is -2.40. The van der Waals surface area contributed by atoms with Crippen molar-refractivity contribution >= 4 is 11.8 Å². The van der Waals surface area contributed by atoms with Gasteiger partial charge >= 0.3 is 0 Å². The molecule has 0 unspecified atom stereocenters. The largest absolute Gasteiger partial charge is 0.290 e. The Morgan fingerprint density at radius 2 is 1.95 bits per heavy atom. The van der Waals surface area contributed by atoms with Gasteiger partial charge in [0.2, 0.25) is 0 Å². The molecule has 22 heavy (non-hydrogen) atoms. The van der Waals surface area contributed by atoms with Crippen LogP contribution in [0.25, 0.3) is 11.3 Å². The highest BCUT2D eigenvalue weighted by atomic mass is 32.2. The highest BCUT2D eigenvalue weighted by molar-refractivity contribution is 7.98. The van der Waals surface area contributed by atoms with Crippen molar-refractivity contribution < 1.29 is 0 Å². The van der Waals surface area contributed by atoms with E-state index in [0.717, 1.165) is 41.2 Å². The van der Waals surface area contributed by atoms with E-state index < -0.39 is 0 Å². The summed E-state index contributed by atoms with van der Waals surface area (Å²) >= 11 is 1.52. The molecule has 0 fully saturated rings. The summed E-state index contributed by atoms with van der Waals surface area (Å²) in [7, 11) is 1.83. The minimum Gasteiger partial charge on any atom is -0.290 e. The van der Waals surface area contributed by atoms with Gasteiger partial charge in [0.05, 0.1) is 11.3 Å². The highest BCUT2D eigenvalue weighted by Crippen LogP contribution is 2.44. The van der Waals surface area contributed by atoms with Gasteiger partial charge in [0, 0.05) is 18.0 Å². The Balaban J connectivity index is 2.43. The molecular weight excluding hydrogens is 292 g/mol. The Morgan fingerprint density at radius 3 is 2.59 bits per heavy atom. The number of nitrogens with zero attached hydrogens (tertiary/aromatic N) is 2. The second kappa shape index (κ2) is 5.58. The second-order valence-electron chi connectivity index (χ2n) is 6.01. The van der Waals surface area contributed by atoms with Crippen LogP contribution in [0.2, 0.25) is 0 Å². The molecule has 0 aliphatic heterocycles. The molecule has 1 aromatic heterocycles. The van der Waals surface area contributed by atoms with Crippen molar-refractivity contribution in [2.75, 3.05) is 6.26 Å². The van der Waals surface area contributed by atoms with E-state index in [1.165, 1.54) is 17.3 Å². The normalized spacial score (nSPS) is 15.3. The molecule has 0 atom stereocenters. The average Bonchev–Trinajstić information content (AvgIpc) is 2.56. The Morgan fingerprint density at radius 1 is 1.27 bits per heavy atom. The minimum atomic E-state index is -0.0948. The topological polar surface area (TPSA) is 34.9 Å². The molecule has 0 saturated carbocycles. The fraction of sp³-hybridized carbons (Fsp3) is 0.444. The van der Waals surface area contributed by atoms with Crippen LogP contribution in [-0.2, 0) is 18.9 Å². The molecule has 3 rings (SSSR count). The number of hydrogen-bond donors (Lipinski definition) is 0. The summed E-state index contributed by atoms with van der Waals surface area (Å²) in [5, 5.41) is 0.779. The first kappa shape index (κ1) is 15.3. The predicted octanol–water partition coefficient (Wildman–Crippen LogP) is 3.78. The lowest BCUT2D eigenvalue weighted by atomic mass is 9.66. The number of hydrogen-bond acceptors (Lipinski definition) is 3. The molecule has 0 N–H and O–H groups in total. The smallest absolute Gasteiger partial charge is 0.258 e. The molecule has 1 aliphatic rings. The minimum absolute atomic E-state index is 0.0948. The summed E-state index contributed by atoms with van der Waals surface area (Å²) in [5.41, 5.74) is 4.28. The lowest BCUT2D eigenvalue weighted by Gasteiger charge is -2.38. The van der Waals surface area contributed by atoms with Crippen molar-refractivity contribution in [1.82, 2.24) is 9.55 Å². The van der Waals surface area contributed by atoms with E-state index in [-0.39, 0.29) is 11.0 Å². The third-order valence-corrected chi connectivity index (χ3v) is 5.85. The van der Waals surface area contributed by atoms with Crippen molar-refractivity contribution in [2.24, 2.45) is 7.05 Å². The van der Waals surface area contributed by atoms with E-state index >= 15 is 0 Å². The van der Waals surface area contributed by atoms with Crippen LogP contribution in [0.5, 0.6) is 0 Å². The van der Waals surface area contributed by atoms with Crippen LogP contribution in [-0.4, -0.2) is 15.8 Å². The summed E-state index contributed by atoms with van der Waals surface area (Å²) in [4.78, 5) is 17.9. The van der Waals surface area contributed by atoms with Crippen LogP contribution in [0.1, 0.15) is 37.8 Å². The van der Waals surface area contributed by atoms with Crippen LogP contribution >= 0.6 is 11.8 Å². The van der Waals surface area contributed by atoms with Gasteiger partial charge in [-0.25, -0.2) is 4.98 Å². The third-order valence-electron chi connectivity index (χ3n) is 5.12. The predicted molar refractivity (Wildman–Crippen MR) is 92.7 cm³/mol. The quantitative estimate of drug-likeness (QED) is 0.639. The van der Waals surface area contributed by atoms with Gasteiger partial charge < -0.3 is 0 Å². The highest BCUT2D eigenvalue weighted by Gasteiger charge is 2.40. The molecule has 1 aromatic carbocycles. The van der Waals surface area contributed by atoms with E-state index in [2.05, 4.69) is 32.0 Å². The maximum absolute atomic E-state index is 13.0. The number of aromatic nitrogens is 2. The van der Waals surface area contributed by atoms with Crippen molar-refractivity contribution in [3.8, 4) is 11.3 Å². The maximum Gasteiger partial charge on any atom is 0.258 e. The molecule has 0 radical (unpaired) electrons. The van der Waals surface area contributed by atoms with E-state index in [9.17, 15) is 4.79 Å². The first-order valence-corrected chi connectivity index (χ1v) is 9.04. The summed E-state index contributed by atoms with van der Waals surface area (Å²) in [6.07, 6.45) is 4.81. The maximum atomic E-state index is 13.0. The van der Waals surface area contributed by atoms with Gasteiger partial charge in [0.25, 0.3) is 5.56 Å². The molecule has 1 aliphatic carbocycles. The van der Waals surface area contributed by atoms with Crippen LogP contribution in [0.15, 0.2) is 34.2 Å². The number of thioether (sulfide) groups is 1. The molecule has 1 heterocycles. The van der Waals surface area contributed by atoms with E-state index in [4.69, 9.17) is 4.98 Å². The molecule has 2 aromatic rings. The number of benzene rings is 1. The van der Waals surface area contributed by atoms with Gasteiger partial charge in [0.1, 0.15) is 0 Å². The van der Waals surface area contributed by atoms with Gasteiger partial charge in [0.15, 0.2) is 5.16 Å². The molecule has 116 valence electrons. The SMILES string of the molecule is CCC1(CC)Cc2ccccc2-c2nc(SC)n(C)c(=O)c21. The lowest BCUT2D eigenvalue weighted by molar-refractivity contribution is 0.378. The van der Waals surface area contributed by atoms with E-state index in [0.29, 0.717) is 0 Å². The first-order valence-electron chi connectivity index (χ1n) is 7.81. The fourth-order valence-electron chi connectivity index (χ4n) is 3.65. The summed E-state index contributed by atoms with van der Waals surface area (Å²) in [6, 6.07) is 8.39.